The Labute approximate surface area is 130 Å². The summed E-state index contributed by atoms with van der Waals surface area (Å²) in [7, 11) is 0. The van der Waals surface area contributed by atoms with Crippen LogP contribution in [0.2, 0.25) is 5.02 Å². The highest BCUT2D eigenvalue weighted by Gasteiger charge is 2.16. The Hall–Kier alpha value is -0.810. The molecule has 0 aliphatic carbocycles. The number of hydrogen-bond acceptors (Lipinski definition) is 3. The molecule has 2 rings (SSSR count). The van der Waals surface area contributed by atoms with Gasteiger partial charge in [-0.05, 0) is 24.1 Å². The first-order valence-electron chi connectivity index (χ1n) is 6.56. The lowest BCUT2D eigenvalue weighted by Crippen LogP contribution is -2.44. The maximum Gasteiger partial charge on any atom is 0.221 e. The van der Waals surface area contributed by atoms with E-state index in [4.69, 9.17) is 16.3 Å². The normalized spacial score (nSPS) is 18.1. The van der Waals surface area contributed by atoms with Gasteiger partial charge in [0.05, 0.1) is 13.2 Å². The van der Waals surface area contributed by atoms with Gasteiger partial charge < -0.3 is 15.4 Å². The third-order valence-electron chi connectivity index (χ3n) is 3.06. The number of ether oxygens (including phenoxy) is 1. The van der Waals surface area contributed by atoms with Crippen LogP contribution in [0, 0.1) is 0 Å². The minimum atomic E-state index is 0. The van der Waals surface area contributed by atoms with Crippen LogP contribution in [0.15, 0.2) is 24.3 Å². The third-order valence-corrected chi connectivity index (χ3v) is 3.29. The summed E-state index contributed by atoms with van der Waals surface area (Å²) in [5.41, 5.74) is 1.13. The van der Waals surface area contributed by atoms with E-state index in [0.717, 1.165) is 30.2 Å². The van der Waals surface area contributed by atoms with Crippen LogP contribution in [-0.2, 0) is 16.0 Å². The fraction of sp³-hybridized carbons (Fsp3) is 0.500. The minimum Gasteiger partial charge on any atom is -0.378 e. The largest absolute Gasteiger partial charge is 0.378 e. The SMILES string of the molecule is Cl.O=C(CC1COCCN1)NCCc1cccc(Cl)c1. The number of nitrogens with one attached hydrogen (secondary N) is 2. The van der Waals surface area contributed by atoms with Gasteiger partial charge in [0.1, 0.15) is 0 Å². The zero-order chi connectivity index (χ0) is 13.5. The lowest BCUT2D eigenvalue weighted by Gasteiger charge is -2.23. The van der Waals surface area contributed by atoms with Crippen molar-refractivity contribution in [2.45, 2.75) is 18.9 Å². The molecule has 20 heavy (non-hydrogen) atoms. The van der Waals surface area contributed by atoms with Gasteiger partial charge in [-0.25, -0.2) is 0 Å². The average molecular weight is 319 g/mol. The van der Waals surface area contributed by atoms with Gasteiger partial charge in [-0.3, -0.25) is 4.79 Å². The molecule has 0 saturated carbocycles. The monoisotopic (exact) mass is 318 g/mol. The number of rotatable bonds is 5. The Morgan fingerprint density at radius 1 is 1.50 bits per heavy atom. The molecule has 1 heterocycles. The number of amides is 1. The molecule has 1 aromatic rings. The van der Waals surface area contributed by atoms with Crippen LogP contribution in [0.1, 0.15) is 12.0 Å². The van der Waals surface area contributed by atoms with Crippen molar-refractivity contribution in [3.05, 3.63) is 34.9 Å². The van der Waals surface area contributed by atoms with Crippen LogP contribution in [0.5, 0.6) is 0 Å². The van der Waals surface area contributed by atoms with E-state index in [1.807, 2.05) is 24.3 Å². The predicted molar refractivity (Wildman–Crippen MR) is 82.6 cm³/mol. The van der Waals surface area contributed by atoms with Crippen molar-refractivity contribution in [3.63, 3.8) is 0 Å². The van der Waals surface area contributed by atoms with E-state index in [2.05, 4.69) is 10.6 Å². The topological polar surface area (TPSA) is 50.4 Å². The van der Waals surface area contributed by atoms with Gasteiger partial charge in [0, 0.05) is 30.6 Å². The van der Waals surface area contributed by atoms with Crippen molar-refractivity contribution in [3.8, 4) is 0 Å². The lowest BCUT2D eigenvalue weighted by atomic mass is 10.1. The van der Waals surface area contributed by atoms with E-state index >= 15 is 0 Å². The Kier molecular flexibility index (Phi) is 7.92. The van der Waals surface area contributed by atoms with Gasteiger partial charge >= 0.3 is 0 Å². The molecule has 112 valence electrons. The Morgan fingerprint density at radius 3 is 3.05 bits per heavy atom. The molecule has 0 bridgehead atoms. The maximum atomic E-state index is 11.7. The van der Waals surface area contributed by atoms with Crippen molar-refractivity contribution >= 4 is 29.9 Å². The summed E-state index contributed by atoms with van der Waals surface area (Å²) in [5.74, 6) is 0.0602. The van der Waals surface area contributed by atoms with Crippen LogP contribution in [0.25, 0.3) is 0 Å². The van der Waals surface area contributed by atoms with Crippen molar-refractivity contribution in [2.24, 2.45) is 0 Å². The Balaban J connectivity index is 0.00000200. The lowest BCUT2D eigenvalue weighted by molar-refractivity contribution is -0.122. The Morgan fingerprint density at radius 2 is 2.35 bits per heavy atom. The predicted octanol–water partition coefficient (Wildman–Crippen LogP) is 1.80. The van der Waals surface area contributed by atoms with Crippen LogP contribution < -0.4 is 10.6 Å². The number of carbonyl (C=O) groups excluding carboxylic acids is 1. The number of halogens is 2. The first-order valence-corrected chi connectivity index (χ1v) is 6.94. The van der Waals surface area contributed by atoms with Gasteiger partial charge in [0.25, 0.3) is 0 Å². The maximum absolute atomic E-state index is 11.7. The summed E-state index contributed by atoms with van der Waals surface area (Å²) in [6.07, 6.45) is 1.26. The summed E-state index contributed by atoms with van der Waals surface area (Å²) in [4.78, 5) is 11.7. The number of morpholine rings is 1. The molecule has 1 atom stereocenters. The molecule has 1 fully saturated rings. The Bertz CT molecular complexity index is 423. The molecule has 1 amide bonds. The van der Waals surface area contributed by atoms with E-state index in [9.17, 15) is 4.79 Å². The van der Waals surface area contributed by atoms with Crippen LogP contribution in [-0.4, -0.2) is 38.3 Å². The van der Waals surface area contributed by atoms with E-state index < -0.39 is 0 Å². The molecule has 1 unspecified atom stereocenters. The first kappa shape index (κ1) is 17.2. The quantitative estimate of drug-likeness (QED) is 0.870. The molecular weight excluding hydrogens is 299 g/mol. The van der Waals surface area contributed by atoms with Gasteiger partial charge in [-0.2, -0.15) is 0 Å². The van der Waals surface area contributed by atoms with Gasteiger partial charge in [-0.15, -0.1) is 12.4 Å². The first-order chi connectivity index (χ1) is 9.24. The minimum absolute atomic E-state index is 0. The van der Waals surface area contributed by atoms with Crippen molar-refractivity contribution in [2.75, 3.05) is 26.3 Å². The van der Waals surface area contributed by atoms with Crippen molar-refractivity contribution in [1.82, 2.24) is 10.6 Å². The van der Waals surface area contributed by atoms with E-state index in [0.29, 0.717) is 19.6 Å². The third kappa shape index (κ3) is 6.09. The highest BCUT2D eigenvalue weighted by molar-refractivity contribution is 6.30. The highest BCUT2D eigenvalue weighted by Crippen LogP contribution is 2.10. The summed E-state index contributed by atoms with van der Waals surface area (Å²) in [6.45, 7) is 2.79. The van der Waals surface area contributed by atoms with E-state index in [-0.39, 0.29) is 24.4 Å². The summed E-state index contributed by atoms with van der Waals surface area (Å²) in [6, 6.07) is 7.83. The second kappa shape index (κ2) is 9.19. The fourth-order valence-corrected chi connectivity index (χ4v) is 2.30. The highest BCUT2D eigenvalue weighted by atomic mass is 35.5. The summed E-state index contributed by atoms with van der Waals surface area (Å²) >= 11 is 5.91. The molecule has 0 aromatic heterocycles. The van der Waals surface area contributed by atoms with Gasteiger partial charge in [0.15, 0.2) is 0 Å². The molecule has 6 heteroatoms. The van der Waals surface area contributed by atoms with Crippen LogP contribution in [0.4, 0.5) is 0 Å². The number of hydrogen-bond donors (Lipinski definition) is 2. The average Bonchev–Trinajstić information content (AvgIpc) is 2.40. The molecule has 0 radical (unpaired) electrons. The second-order valence-electron chi connectivity index (χ2n) is 4.66. The molecule has 1 aliphatic rings. The molecule has 1 aromatic carbocycles. The molecule has 4 nitrogen and oxygen atoms in total. The number of carbonyl (C=O) groups is 1. The van der Waals surface area contributed by atoms with E-state index in [1.165, 1.54) is 0 Å². The van der Waals surface area contributed by atoms with Crippen LogP contribution in [0.3, 0.4) is 0 Å². The van der Waals surface area contributed by atoms with Gasteiger partial charge in [0.2, 0.25) is 5.91 Å². The van der Waals surface area contributed by atoms with Crippen molar-refractivity contribution < 1.29 is 9.53 Å². The van der Waals surface area contributed by atoms with Gasteiger partial charge in [-0.1, -0.05) is 23.7 Å². The van der Waals surface area contributed by atoms with Crippen LogP contribution >= 0.6 is 24.0 Å². The molecule has 1 saturated heterocycles. The second-order valence-corrected chi connectivity index (χ2v) is 5.10. The summed E-state index contributed by atoms with van der Waals surface area (Å²) in [5, 5.41) is 6.91. The zero-order valence-electron chi connectivity index (χ0n) is 11.2. The van der Waals surface area contributed by atoms with Crippen molar-refractivity contribution in [1.29, 1.82) is 0 Å². The smallest absolute Gasteiger partial charge is 0.221 e. The molecule has 0 spiro atoms. The molecule has 2 N–H and O–H groups in total. The van der Waals surface area contributed by atoms with E-state index in [1.54, 1.807) is 0 Å². The molecular formula is C14H20Cl2N2O2. The molecule has 1 aliphatic heterocycles. The standard InChI is InChI=1S/C14H19ClN2O2.ClH/c15-12-3-1-2-11(8-12)4-5-17-14(18)9-13-10-19-7-6-16-13;/h1-3,8,13,16H,4-7,9-10H2,(H,17,18);1H. The zero-order valence-corrected chi connectivity index (χ0v) is 12.8. The number of benzene rings is 1. The summed E-state index contributed by atoms with van der Waals surface area (Å²) < 4.78 is 5.31. The fourth-order valence-electron chi connectivity index (χ4n) is 2.09.